The van der Waals surface area contributed by atoms with Crippen molar-refractivity contribution in [3.05, 3.63) is 29.8 Å². The summed E-state index contributed by atoms with van der Waals surface area (Å²) in [5.41, 5.74) is -1.43. The summed E-state index contributed by atoms with van der Waals surface area (Å²) in [7, 11) is 0. The van der Waals surface area contributed by atoms with Crippen molar-refractivity contribution in [1.82, 2.24) is 5.32 Å². The smallest absolute Gasteiger partial charge is 0.418 e. The van der Waals surface area contributed by atoms with Crippen LogP contribution in [0.4, 0.5) is 23.7 Å². The average Bonchev–Trinajstić information content (AvgIpc) is 2.36. The zero-order valence-electron chi connectivity index (χ0n) is 12.1. The molecule has 0 aliphatic heterocycles. The summed E-state index contributed by atoms with van der Waals surface area (Å²) in [5.74, 6) is -1.24. The van der Waals surface area contributed by atoms with E-state index < -0.39 is 35.5 Å². The van der Waals surface area contributed by atoms with E-state index in [4.69, 9.17) is 5.11 Å². The Labute approximate surface area is 125 Å². The number of halogens is 3. The Morgan fingerprint density at radius 1 is 1.23 bits per heavy atom. The summed E-state index contributed by atoms with van der Waals surface area (Å²) >= 11 is 0. The molecule has 0 spiro atoms. The highest BCUT2D eigenvalue weighted by molar-refractivity contribution is 5.93. The number of hydrogen-bond donors (Lipinski definition) is 3. The van der Waals surface area contributed by atoms with Crippen molar-refractivity contribution in [1.29, 1.82) is 0 Å². The second kappa shape index (κ2) is 7.15. The number of alkyl halides is 3. The Morgan fingerprint density at radius 2 is 1.82 bits per heavy atom. The van der Waals surface area contributed by atoms with E-state index in [9.17, 15) is 22.8 Å². The van der Waals surface area contributed by atoms with Crippen LogP contribution in [0.5, 0.6) is 0 Å². The van der Waals surface area contributed by atoms with Gasteiger partial charge >= 0.3 is 18.2 Å². The normalized spacial score (nSPS) is 12.8. The molecule has 3 N–H and O–H groups in total. The summed E-state index contributed by atoms with van der Waals surface area (Å²) in [6.07, 6.45) is -4.45. The molecule has 0 aliphatic carbocycles. The predicted molar refractivity (Wildman–Crippen MR) is 74.5 cm³/mol. The summed E-state index contributed by atoms with van der Waals surface area (Å²) in [6.45, 7) is 3.54. The van der Waals surface area contributed by atoms with E-state index in [2.05, 4.69) is 5.32 Å². The first-order valence-corrected chi connectivity index (χ1v) is 6.57. The van der Waals surface area contributed by atoms with Gasteiger partial charge in [0, 0.05) is 0 Å². The second-order valence-electron chi connectivity index (χ2n) is 5.16. The Bertz CT molecular complexity index is 544. The summed E-state index contributed by atoms with van der Waals surface area (Å²) < 4.78 is 38.4. The minimum atomic E-state index is -4.62. The van der Waals surface area contributed by atoms with Crippen LogP contribution in [0.2, 0.25) is 0 Å². The largest absolute Gasteiger partial charge is 0.480 e. The number of amides is 2. The van der Waals surface area contributed by atoms with Crippen molar-refractivity contribution in [3.63, 3.8) is 0 Å². The van der Waals surface area contributed by atoms with Gasteiger partial charge in [0.2, 0.25) is 0 Å². The molecular weight excluding hydrogens is 301 g/mol. The number of carboxylic acids is 1. The van der Waals surface area contributed by atoms with E-state index >= 15 is 0 Å². The van der Waals surface area contributed by atoms with Crippen LogP contribution in [0, 0.1) is 5.92 Å². The molecule has 22 heavy (non-hydrogen) atoms. The van der Waals surface area contributed by atoms with Gasteiger partial charge in [0.1, 0.15) is 6.04 Å². The molecule has 0 fully saturated rings. The van der Waals surface area contributed by atoms with Crippen molar-refractivity contribution >= 4 is 17.7 Å². The lowest BCUT2D eigenvalue weighted by Crippen LogP contribution is -2.43. The monoisotopic (exact) mass is 318 g/mol. The van der Waals surface area contributed by atoms with Gasteiger partial charge < -0.3 is 15.7 Å². The molecule has 0 unspecified atom stereocenters. The first-order valence-electron chi connectivity index (χ1n) is 6.57. The van der Waals surface area contributed by atoms with Crippen molar-refractivity contribution in [3.8, 4) is 0 Å². The Morgan fingerprint density at radius 3 is 2.32 bits per heavy atom. The van der Waals surface area contributed by atoms with E-state index in [1.54, 1.807) is 13.8 Å². The van der Waals surface area contributed by atoms with Crippen molar-refractivity contribution in [2.45, 2.75) is 32.5 Å². The van der Waals surface area contributed by atoms with Crippen LogP contribution >= 0.6 is 0 Å². The number of anilines is 1. The molecular formula is C14H17F3N2O3. The molecule has 1 aromatic rings. The highest BCUT2D eigenvalue weighted by atomic mass is 19.4. The number of aliphatic carboxylic acids is 1. The fourth-order valence-electron chi connectivity index (χ4n) is 1.85. The van der Waals surface area contributed by atoms with Crippen LogP contribution in [0.15, 0.2) is 24.3 Å². The quantitative estimate of drug-likeness (QED) is 0.779. The number of para-hydroxylation sites is 1. The molecule has 0 heterocycles. The molecule has 2 amide bonds. The zero-order valence-corrected chi connectivity index (χ0v) is 12.1. The molecule has 1 aromatic carbocycles. The molecule has 1 atom stereocenters. The van der Waals surface area contributed by atoms with E-state index in [1.807, 2.05) is 5.32 Å². The fourth-order valence-corrected chi connectivity index (χ4v) is 1.85. The highest BCUT2D eigenvalue weighted by Crippen LogP contribution is 2.34. The highest BCUT2D eigenvalue weighted by Gasteiger charge is 2.33. The molecule has 0 saturated carbocycles. The van der Waals surface area contributed by atoms with Gasteiger partial charge in [-0.2, -0.15) is 13.2 Å². The maximum absolute atomic E-state index is 12.8. The first-order chi connectivity index (χ1) is 10.1. The minimum Gasteiger partial charge on any atom is -0.480 e. The lowest BCUT2D eigenvalue weighted by Gasteiger charge is -2.18. The lowest BCUT2D eigenvalue weighted by molar-refractivity contribution is -0.139. The molecule has 0 bridgehead atoms. The number of carboxylic acid groups (broad SMARTS) is 1. The SMILES string of the molecule is CC(C)C[C@H](NC(=O)Nc1ccccc1C(F)(F)F)C(=O)O. The first kappa shape index (κ1) is 17.8. The second-order valence-corrected chi connectivity index (χ2v) is 5.16. The molecule has 0 aromatic heterocycles. The molecule has 0 saturated heterocycles. The van der Waals surface area contributed by atoms with Gasteiger partial charge in [-0.15, -0.1) is 0 Å². The molecule has 5 nitrogen and oxygen atoms in total. The average molecular weight is 318 g/mol. The van der Waals surface area contributed by atoms with Gasteiger partial charge in [-0.3, -0.25) is 0 Å². The van der Waals surface area contributed by atoms with Crippen molar-refractivity contribution < 1.29 is 27.9 Å². The summed E-state index contributed by atoms with van der Waals surface area (Å²) in [6, 6.07) is 2.31. The minimum absolute atomic E-state index is 0.00358. The summed E-state index contributed by atoms with van der Waals surface area (Å²) in [4.78, 5) is 22.8. The van der Waals surface area contributed by atoms with Crippen LogP contribution in [-0.4, -0.2) is 23.1 Å². The van der Waals surface area contributed by atoms with Crippen molar-refractivity contribution in [2.75, 3.05) is 5.32 Å². The van der Waals surface area contributed by atoms with Crippen LogP contribution in [-0.2, 0) is 11.0 Å². The Kier molecular flexibility index (Phi) is 5.78. The Balaban J connectivity index is 2.83. The van der Waals surface area contributed by atoms with Crippen molar-refractivity contribution in [2.24, 2.45) is 5.92 Å². The lowest BCUT2D eigenvalue weighted by atomic mass is 10.0. The summed E-state index contributed by atoms with van der Waals surface area (Å²) in [5, 5.41) is 13.2. The Hall–Kier alpha value is -2.25. The molecule has 8 heteroatoms. The third-order valence-corrected chi connectivity index (χ3v) is 2.79. The number of carbonyl (C=O) groups is 2. The molecule has 0 radical (unpaired) electrons. The topological polar surface area (TPSA) is 78.4 Å². The number of carbonyl (C=O) groups excluding carboxylic acids is 1. The van der Waals surface area contributed by atoms with Crippen LogP contribution in [0.3, 0.4) is 0 Å². The maximum Gasteiger partial charge on any atom is 0.418 e. The number of nitrogens with one attached hydrogen (secondary N) is 2. The van der Waals surface area contributed by atoms with Crippen LogP contribution < -0.4 is 10.6 Å². The number of urea groups is 1. The van der Waals surface area contributed by atoms with Crippen LogP contribution in [0.25, 0.3) is 0 Å². The predicted octanol–water partition coefficient (Wildman–Crippen LogP) is 3.33. The molecule has 0 aliphatic rings. The van der Waals surface area contributed by atoms with Gasteiger partial charge in [-0.1, -0.05) is 26.0 Å². The zero-order chi connectivity index (χ0) is 16.9. The van der Waals surface area contributed by atoms with Gasteiger partial charge in [0.25, 0.3) is 0 Å². The van der Waals surface area contributed by atoms with Gasteiger partial charge in [-0.25, -0.2) is 9.59 Å². The maximum atomic E-state index is 12.8. The van der Waals surface area contributed by atoms with E-state index in [-0.39, 0.29) is 12.3 Å². The standard InChI is InChI=1S/C14H17F3N2O3/c1-8(2)7-11(12(20)21)19-13(22)18-10-6-4-3-5-9(10)14(15,16)17/h3-6,8,11H,7H2,1-2H3,(H,20,21)(H2,18,19,22)/t11-/m0/s1. The van der Waals surface area contributed by atoms with E-state index in [1.165, 1.54) is 12.1 Å². The van der Waals surface area contributed by atoms with Gasteiger partial charge in [0.15, 0.2) is 0 Å². The van der Waals surface area contributed by atoms with Gasteiger partial charge in [-0.05, 0) is 24.5 Å². The van der Waals surface area contributed by atoms with Crippen LogP contribution in [0.1, 0.15) is 25.8 Å². The molecule has 1 rings (SSSR count). The number of hydrogen-bond acceptors (Lipinski definition) is 2. The molecule has 122 valence electrons. The third-order valence-electron chi connectivity index (χ3n) is 2.79. The fraction of sp³-hybridized carbons (Fsp3) is 0.429. The number of rotatable bonds is 5. The van der Waals surface area contributed by atoms with Gasteiger partial charge in [0.05, 0.1) is 11.3 Å². The third kappa shape index (κ3) is 5.27. The van der Waals surface area contributed by atoms with E-state index in [0.717, 1.165) is 12.1 Å². The number of benzene rings is 1. The van der Waals surface area contributed by atoms with E-state index in [0.29, 0.717) is 0 Å².